The van der Waals surface area contributed by atoms with Gasteiger partial charge in [-0.2, -0.15) is 0 Å². The van der Waals surface area contributed by atoms with Gasteiger partial charge in [0.05, 0.1) is 0 Å². The summed E-state index contributed by atoms with van der Waals surface area (Å²) in [6, 6.07) is 0. The van der Waals surface area contributed by atoms with E-state index in [1.165, 1.54) is 0 Å². The smallest absolute Gasteiger partial charge is 0.237 e. The molecule has 1 aliphatic heterocycles. The lowest BCUT2D eigenvalue weighted by molar-refractivity contribution is -0.128. The van der Waals surface area contributed by atoms with Gasteiger partial charge in [-0.15, -0.1) is 0 Å². The fourth-order valence-corrected chi connectivity index (χ4v) is 1.67. The second kappa shape index (κ2) is 5.19. The van der Waals surface area contributed by atoms with Crippen molar-refractivity contribution in [1.29, 1.82) is 0 Å². The van der Waals surface area contributed by atoms with Gasteiger partial charge in [-0.25, -0.2) is 5.43 Å². The Labute approximate surface area is 79.0 Å². The number of amides is 1. The summed E-state index contributed by atoms with van der Waals surface area (Å²) < 4.78 is 5.24. The van der Waals surface area contributed by atoms with Gasteiger partial charge in [0.2, 0.25) is 5.91 Å². The zero-order valence-corrected chi connectivity index (χ0v) is 8.30. The summed E-state index contributed by atoms with van der Waals surface area (Å²) in [5, 5.41) is 0. The highest BCUT2D eigenvalue weighted by atomic mass is 16.5. The van der Waals surface area contributed by atoms with Crippen molar-refractivity contribution >= 4 is 5.91 Å². The molecule has 76 valence electrons. The van der Waals surface area contributed by atoms with Gasteiger partial charge in [0, 0.05) is 26.2 Å². The number of hydrogen-bond donors (Lipinski definition) is 2. The summed E-state index contributed by atoms with van der Waals surface area (Å²) >= 11 is 0. The number of hydrazine groups is 1. The summed E-state index contributed by atoms with van der Waals surface area (Å²) in [6.07, 6.45) is 2.00. The monoisotopic (exact) mass is 186 g/mol. The average molecular weight is 186 g/mol. The third kappa shape index (κ3) is 2.97. The Morgan fingerprint density at radius 3 is 2.62 bits per heavy atom. The Morgan fingerprint density at radius 1 is 1.46 bits per heavy atom. The third-order valence-electron chi connectivity index (χ3n) is 2.63. The first kappa shape index (κ1) is 10.5. The van der Waals surface area contributed by atoms with Gasteiger partial charge in [0.25, 0.3) is 0 Å². The molecule has 1 heterocycles. The quantitative estimate of drug-likeness (QED) is 0.623. The Bertz CT molecular complexity index is 167. The van der Waals surface area contributed by atoms with Gasteiger partial charge in [-0.3, -0.25) is 10.2 Å². The molecule has 0 aliphatic carbocycles. The SMILES string of the molecule is CNNC(=O)C(C)C1CCOCC1. The molecule has 0 aromatic carbocycles. The molecule has 2 N–H and O–H groups in total. The summed E-state index contributed by atoms with van der Waals surface area (Å²) in [5.41, 5.74) is 5.27. The van der Waals surface area contributed by atoms with E-state index in [-0.39, 0.29) is 11.8 Å². The first-order chi connectivity index (χ1) is 6.25. The molecule has 1 rings (SSSR count). The van der Waals surface area contributed by atoms with Crippen LogP contribution in [-0.4, -0.2) is 26.2 Å². The second-order valence-electron chi connectivity index (χ2n) is 3.48. The van der Waals surface area contributed by atoms with Crippen LogP contribution in [0.2, 0.25) is 0 Å². The summed E-state index contributed by atoms with van der Waals surface area (Å²) in [5.74, 6) is 0.632. The van der Waals surface area contributed by atoms with E-state index in [0.29, 0.717) is 5.92 Å². The molecule has 0 bridgehead atoms. The van der Waals surface area contributed by atoms with Crippen LogP contribution in [0.25, 0.3) is 0 Å². The molecule has 1 unspecified atom stereocenters. The van der Waals surface area contributed by atoms with E-state index in [4.69, 9.17) is 4.74 Å². The van der Waals surface area contributed by atoms with Crippen LogP contribution in [0.1, 0.15) is 19.8 Å². The summed E-state index contributed by atoms with van der Waals surface area (Å²) in [6.45, 7) is 3.56. The van der Waals surface area contributed by atoms with Crippen LogP contribution >= 0.6 is 0 Å². The minimum Gasteiger partial charge on any atom is -0.381 e. The molecule has 0 aromatic heterocycles. The van der Waals surface area contributed by atoms with Gasteiger partial charge in [0.15, 0.2) is 0 Å². The van der Waals surface area contributed by atoms with E-state index in [9.17, 15) is 4.79 Å². The van der Waals surface area contributed by atoms with Crippen molar-refractivity contribution in [3.05, 3.63) is 0 Å². The molecule has 0 spiro atoms. The molecule has 1 amide bonds. The van der Waals surface area contributed by atoms with Gasteiger partial charge in [-0.05, 0) is 18.8 Å². The van der Waals surface area contributed by atoms with Crippen molar-refractivity contribution in [3.8, 4) is 0 Å². The van der Waals surface area contributed by atoms with Crippen LogP contribution in [0, 0.1) is 11.8 Å². The molecular formula is C9H18N2O2. The molecule has 0 radical (unpaired) electrons. The molecule has 1 atom stereocenters. The van der Waals surface area contributed by atoms with Crippen molar-refractivity contribution in [2.45, 2.75) is 19.8 Å². The van der Waals surface area contributed by atoms with Crippen LogP contribution in [0.3, 0.4) is 0 Å². The minimum absolute atomic E-state index is 0.0781. The van der Waals surface area contributed by atoms with E-state index in [0.717, 1.165) is 26.1 Å². The third-order valence-corrected chi connectivity index (χ3v) is 2.63. The van der Waals surface area contributed by atoms with Crippen LogP contribution in [0.5, 0.6) is 0 Å². The number of rotatable bonds is 3. The number of nitrogens with one attached hydrogen (secondary N) is 2. The Morgan fingerprint density at radius 2 is 2.08 bits per heavy atom. The van der Waals surface area contributed by atoms with Crippen LogP contribution in [0.4, 0.5) is 0 Å². The Hall–Kier alpha value is -0.610. The van der Waals surface area contributed by atoms with Crippen LogP contribution in [-0.2, 0) is 9.53 Å². The number of carbonyl (C=O) groups excluding carboxylic acids is 1. The molecular weight excluding hydrogens is 168 g/mol. The van der Waals surface area contributed by atoms with E-state index < -0.39 is 0 Å². The zero-order chi connectivity index (χ0) is 9.68. The largest absolute Gasteiger partial charge is 0.381 e. The fraction of sp³-hybridized carbons (Fsp3) is 0.889. The van der Waals surface area contributed by atoms with E-state index in [1.807, 2.05) is 6.92 Å². The van der Waals surface area contributed by atoms with Crippen LogP contribution < -0.4 is 10.9 Å². The zero-order valence-electron chi connectivity index (χ0n) is 8.30. The van der Waals surface area contributed by atoms with Crippen molar-refractivity contribution < 1.29 is 9.53 Å². The van der Waals surface area contributed by atoms with Gasteiger partial charge in [0.1, 0.15) is 0 Å². The number of hydrogen-bond acceptors (Lipinski definition) is 3. The molecule has 1 fully saturated rings. The highest BCUT2D eigenvalue weighted by Gasteiger charge is 2.25. The molecule has 0 aromatic rings. The Balaban J connectivity index is 2.35. The van der Waals surface area contributed by atoms with E-state index in [2.05, 4.69) is 10.9 Å². The first-order valence-corrected chi connectivity index (χ1v) is 4.80. The number of ether oxygens (including phenoxy) is 1. The minimum atomic E-state index is 0.0781. The lowest BCUT2D eigenvalue weighted by Gasteiger charge is -2.26. The number of carbonyl (C=O) groups is 1. The maximum atomic E-state index is 11.4. The highest BCUT2D eigenvalue weighted by molar-refractivity contribution is 5.78. The molecule has 4 nitrogen and oxygen atoms in total. The maximum Gasteiger partial charge on any atom is 0.237 e. The topological polar surface area (TPSA) is 50.4 Å². The molecule has 0 saturated carbocycles. The lowest BCUT2D eigenvalue weighted by atomic mass is 9.87. The summed E-state index contributed by atoms with van der Waals surface area (Å²) in [4.78, 5) is 11.4. The van der Waals surface area contributed by atoms with Gasteiger partial charge in [-0.1, -0.05) is 6.92 Å². The average Bonchev–Trinajstić information content (AvgIpc) is 2.18. The van der Waals surface area contributed by atoms with Gasteiger partial charge >= 0.3 is 0 Å². The van der Waals surface area contributed by atoms with Crippen molar-refractivity contribution in [2.75, 3.05) is 20.3 Å². The second-order valence-corrected chi connectivity index (χ2v) is 3.48. The normalized spacial score (nSPS) is 21.1. The molecule has 1 saturated heterocycles. The van der Waals surface area contributed by atoms with Gasteiger partial charge < -0.3 is 4.74 Å². The van der Waals surface area contributed by atoms with E-state index >= 15 is 0 Å². The molecule has 1 aliphatic rings. The Kier molecular flexibility index (Phi) is 4.18. The highest BCUT2D eigenvalue weighted by Crippen LogP contribution is 2.23. The van der Waals surface area contributed by atoms with Crippen molar-refractivity contribution in [3.63, 3.8) is 0 Å². The van der Waals surface area contributed by atoms with Crippen LogP contribution in [0.15, 0.2) is 0 Å². The standard InChI is InChI=1S/C9H18N2O2/c1-7(9(12)11-10-2)8-3-5-13-6-4-8/h7-8,10H,3-6H2,1-2H3,(H,11,12). The summed E-state index contributed by atoms with van der Waals surface area (Å²) in [7, 11) is 1.70. The maximum absolute atomic E-state index is 11.4. The first-order valence-electron chi connectivity index (χ1n) is 4.80. The fourth-order valence-electron chi connectivity index (χ4n) is 1.67. The van der Waals surface area contributed by atoms with Crippen molar-refractivity contribution in [1.82, 2.24) is 10.9 Å². The van der Waals surface area contributed by atoms with Crippen molar-refractivity contribution in [2.24, 2.45) is 11.8 Å². The molecule has 13 heavy (non-hydrogen) atoms. The predicted molar refractivity (Wildman–Crippen MR) is 49.9 cm³/mol. The molecule has 4 heteroatoms. The lowest BCUT2D eigenvalue weighted by Crippen LogP contribution is -2.41. The van der Waals surface area contributed by atoms with E-state index in [1.54, 1.807) is 7.05 Å². The predicted octanol–water partition coefficient (Wildman–Crippen LogP) is 0.300.